The van der Waals surface area contributed by atoms with Crippen LogP contribution in [-0.4, -0.2) is 23.7 Å². The van der Waals surface area contributed by atoms with Gasteiger partial charge in [0.25, 0.3) is 0 Å². The molecule has 2 heterocycles. The molecule has 8 heteroatoms. The highest BCUT2D eigenvalue weighted by Gasteiger charge is 2.26. The molecule has 108 valence electrons. The van der Waals surface area contributed by atoms with Crippen LogP contribution >= 0.6 is 0 Å². The van der Waals surface area contributed by atoms with Crippen LogP contribution in [-0.2, 0) is 23.2 Å². The molecular weight excluding hydrogens is 282 g/mol. The van der Waals surface area contributed by atoms with E-state index in [4.69, 9.17) is 4.42 Å². The minimum atomic E-state index is -3.78. The Bertz CT molecular complexity index is 695. The number of nitrogens with zero attached hydrogens (tertiary/aromatic N) is 2. The third-order valence-electron chi connectivity index (χ3n) is 2.82. The molecule has 0 saturated carbocycles. The lowest BCUT2D eigenvalue weighted by Crippen LogP contribution is -2.25. The molecule has 0 unspecified atom stereocenters. The van der Waals surface area contributed by atoms with Crippen LogP contribution in [0.2, 0.25) is 0 Å². The minimum absolute atomic E-state index is 0.0126. The Morgan fingerprint density at radius 2 is 2.10 bits per heavy atom. The van der Waals surface area contributed by atoms with Crippen molar-refractivity contribution in [1.82, 2.24) is 14.9 Å². The van der Waals surface area contributed by atoms with Crippen LogP contribution in [0.5, 0.6) is 0 Å². The average Bonchev–Trinajstić information content (AvgIpc) is 2.72. The average molecular weight is 297 g/mol. The number of hydrogen-bond acceptors (Lipinski definition) is 6. The second kappa shape index (κ2) is 5.70. The van der Waals surface area contributed by atoms with Crippen molar-refractivity contribution in [3.05, 3.63) is 41.1 Å². The Morgan fingerprint density at radius 3 is 2.70 bits per heavy atom. The van der Waals surface area contributed by atoms with Crippen LogP contribution in [0.3, 0.4) is 0 Å². The first-order valence-electron chi connectivity index (χ1n) is 5.91. The zero-order valence-corrected chi connectivity index (χ0v) is 11.9. The molecule has 0 aliphatic carbocycles. The van der Waals surface area contributed by atoms with Crippen molar-refractivity contribution in [3.63, 3.8) is 0 Å². The number of sulfonamides is 1. The standard InChI is InChI=1S/C12H15N3O4S/c1-8-11(7-16)12(9(2)19-8)20(17,18)14-6-10-4-3-5-13-15-10/h3-5,14,16H,6-7H2,1-2H3. The van der Waals surface area contributed by atoms with Gasteiger partial charge in [0.15, 0.2) is 0 Å². The maximum atomic E-state index is 12.3. The number of nitrogens with one attached hydrogen (secondary N) is 1. The zero-order valence-electron chi connectivity index (χ0n) is 11.1. The summed E-state index contributed by atoms with van der Waals surface area (Å²) in [7, 11) is -3.78. The second-order valence-corrected chi connectivity index (χ2v) is 5.92. The first kappa shape index (κ1) is 14.6. The highest BCUT2D eigenvalue weighted by molar-refractivity contribution is 7.89. The van der Waals surface area contributed by atoms with E-state index in [1.54, 1.807) is 26.0 Å². The summed E-state index contributed by atoms with van der Waals surface area (Å²) >= 11 is 0. The van der Waals surface area contributed by atoms with E-state index in [2.05, 4.69) is 14.9 Å². The van der Waals surface area contributed by atoms with Crippen molar-refractivity contribution in [1.29, 1.82) is 0 Å². The number of hydrogen-bond donors (Lipinski definition) is 2. The minimum Gasteiger partial charge on any atom is -0.465 e. The molecule has 0 atom stereocenters. The molecule has 0 radical (unpaired) electrons. The number of aliphatic hydroxyl groups is 1. The van der Waals surface area contributed by atoms with Crippen LogP contribution in [0.15, 0.2) is 27.6 Å². The molecule has 0 saturated heterocycles. The fraction of sp³-hybridized carbons (Fsp3) is 0.333. The van der Waals surface area contributed by atoms with Gasteiger partial charge in [0, 0.05) is 11.8 Å². The summed E-state index contributed by atoms with van der Waals surface area (Å²) in [4.78, 5) is -0.0126. The predicted molar refractivity (Wildman–Crippen MR) is 70.2 cm³/mol. The maximum Gasteiger partial charge on any atom is 0.244 e. The molecule has 0 fully saturated rings. The summed E-state index contributed by atoms with van der Waals surface area (Å²) in [6.07, 6.45) is 1.51. The third-order valence-corrected chi connectivity index (χ3v) is 4.42. The predicted octanol–water partition coefficient (Wildman–Crippen LogP) is 0.657. The monoisotopic (exact) mass is 297 g/mol. The molecule has 0 aliphatic rings. The van der Waals surface area contributed by atoms with Crippen LogP contribution in [0.4, 0.5) is 0 Å². The number of rotatable bonds is 5. The Kier molecular flexibility index (Phi) is 4.17. The molecule has 0 aliphatic heterocycles. The van der Waals surface area contributed by atoms with Gasteiger partial charge in [-0.05, 0) is 26.0 Å². The van der Waals surface area contributed by atoms with E-state index < -0.39 is 16.6 Å². The van der Waals surface area contributed by atoms with E-state index in [0.29, 0.717) is 11.5 Å². The molecule has 2 N–H and O–H groups in total. The number of aromatic nitrogens is 2. The first-order chi connectivity index (χ1) is 9.45. The molecule has 20 heavy (non-hydrogen) atoms. The van der Waals surface area contributed by atoms with Crippen molar-refractivity contribution >= 4 is 10.0 Å². The van der Waals surface area contributed by atoms with Gasteiger partial charge in [-0.15, -0.1) is 0 Å². The Balaban J connectivity index is 2.27. The lowest BCUT2D eigenvalue weighted by molar-refractivity contribution is 0.276. The normalized spacial score (nSPS) is 11.8. The van der Waals surface area contributed by atoms with Crippen LogP contribution in [0, 0.1) is 13.8 Å². The quantitative estimate of drug-likeness (QED) is 0.839. The Morgan fingerprint density at radius 1 is 1.35 bits per heavy atom. The number of furan rings is 1. The van der Waals surface area contributed by atoms with E-state index >= 15 is 0 Å². The number of aryl methyl sites for hydroxylation is 2. The van der Waals surface area contributed by atoms with Gasteiger partial charge in [0.2, 0.25) is 10.0 Å². The fourth-order valence-corrected chi connectivity index (χ4v) is 3.35. The van der Waals surface area contributed by atoms with Crippen molar-refractivity contribution in [2.24, 2.45) is 0 Å². The lowest BCUT2D eigenvalue weighted by atomic mass is 10.2. The summed E-state index contributed by atoms with van der Waals surface area (Å²) in [5, 5.41) is 16.8. The Hall–Kier alpha value is -1.77. The highest BCUT2D eigenvalue weighted by atomic mass is 32.2. The smallest absolute Gasteiger partial charge is 0.244 e. The lowest BCUT2D eigenvalue weighted by Gasteiger charge is -2.06. The van der Waals surface area contributed by atoms with Gasteiger partial charge >= 0.3 is 0 Å². The molecule has 0 amide bonds. The zero-order chi connectivity index (χ0) is 14.8. The summed E-state index contributed by atoms with van der Waals surface area (Å²) in [6.45, 7) is 2.78. The van der Waals surface area contributed by atoms with E-state index in [-0.39, 0.29) is 22.8 Å². The summed E-state index contributed by atoms with van der Waals surface area (Å²) in [5.74, 6) is 0.642. The fourth-order valence-electron chi connectivity index (χ4n) is 1.91. The van der Waals surface area contributed by atoms with E-state index in [1.165, 1.54) is 6.20 Å². The van der Waals surface area contributed by atoms with Crippen molar-refractivity contribution < 1.29 is 17.9 Å². The first-order valence-corrected chi connectivity index (χ1v) is 7.40. The maximum absolute atomic E-state index is 12.3. The van der Waals surface area contributed by atoms with Gasteiger partial charge in [-0.2, -0.15) is 10.2 Å². The van der Waals surface area contributed by atoms with Crippen LogP contribution in [0.1, 0.15) is 22.8 Å². The summed E-state index contributed by atoms with van der Waals surface area (Å²) in [6, 6.07) is 3.33. The van der Waals surface area contributed by atoms with Gasteiger partial charge in [0.1, 0.15) is 16.4 Å². The van der Waals surface area contributed by atoms with E-state index in [0.717, 1.165) is 0 Å². The van der Waals surface area contributed by atoms with Crippen LogP contribution in [0.25, 0.3) is 0 Å². The van der Waals surface area contributed by atoms with E-state index in [1.807, 2.05) is 0 Å². The van der Waals surface area contributed by atoms with E-state index in [9.17, 15) is 13.5 Å². The molecule has 2 rings (SSSR count). The summed E-state index contributed by atoms with van der Waals surface area (Å²) < 4.78 is 32.3. The molecule has 0 spiro atoms. The Labute approximate surface area is 116 Å². The molecular formula is C12H15N3O4S. The van der Waals surface area contributed by atoms with Gasteiger partial charge in [-0.1, -0.05) is 0 Å². The van der Waals surface area contributed by atoms with Crippen molar-refractivity contribution in [2.45, 2.75) is 31.9 Å². The van der Waals surface area contributed by atoms with Gasteiger partial charge in [-0.25, -0.2) is 13.1 Å². The third kappa shape index (κ3) is 2.87. The topological polar surface area (TPSA) is 105 Å². The largest absolute Gasteiger partial charge is 0.465 e. The van der Waals surface area contributed by atoms with Crippen molar-refractivity contribution in [3.8, 4) is 0 Å². The molecule has 0 aromatic carbocycles. The van der Waals surface area contributed by atoms with Gasteiger partial charge < -0.3 is 9.52 Å². The van der Waals surface area contributed by atoms with Crippen LogP contribution < -0.4 is 4.72 Å². The molecule has 0 bridgehead atoms. The molecule has 2 aromatic heterocycles. The summed E-state index contributed by atoms with van der Waals surface area (Å²) in [5.41, 5.74) is 0.772. The van der Waals surface area contributed by atoms with Gasteiger partial charge in [0.05, 0.1) is 18.8 Å². The molecule has 2 aromatic rings. The molecule has 7 nitrogen and oxygen atoms in total. The number of aliphatic hydroxyl groups excluding tert-OH is 1. The van der Waals surface area contributed by atoms with Gasteiger partial charge in [-0.3, -0.25) is 0 Å². The second-order valence-electron chi connectivity index (χ2n) is 4.22. The highest BCUT2D eigenvalue weighted by Crippen LogP contribution is 2.26. The van der Waals surface area contributed by atoms with Crippen molar-refractivity contribution in [2.75, 3.05) is 0 Å². The SMILES string of the molecule is Cc1oc(C)c(S(=O)(=O)NCc2cccnn2)c1CO.